The maximum Gasteiger partial charge on any atom is 0.351 e. The summed E-state index contributed by atoms with van der Waals surface area (Å²) in [6, 6.07) is 18.2. The summed E-state index contributed by atoms with van der Waals surface area (Å²) in [4.78, 5) is 24.6. The molecule has 0 aliphatic carbocycles. The minimum absolute atomic E-state index is 0.135. The van der Waals surface area contributed by atoms with Crippen molar-refractivity contribution in [3.63, 3.8) is 0 Å². The summed E-state index contributed by atoms with van der Waals surface area (Å²) >= 11 is 1.51. The first-order chi connectivity index (χ1) is 17.4. The lowest BCUT2D eigenvalue weighted by Crippen LogP contribution is -2.67. The molecule has 0 unspecified atom stereocenters. The van der Waals surface area contributed by atoms with Crippen LogP contribution in [0.25, 0.3) is 21.5 Å². The van der Waals surface area contributed by atoms with E-state index in [2.05, 4.69) is 10.5 Å². The average Bonchev–Trinajstić information content (AvgIpc) is 3.46. The zero-order valence-electron chi connectivity index (χ0n) is 19.2. The highest BCUT2D eigenvalue weighted by Crippen LogP contribution is 2.34. The number of hydrogen-bond acceptors (Lipinski definition) is 10. The van der Waals surface area contributed by atoms with Crippen LogP contribution in [0.5, 0.6) is 5.75 Å². The number of thiophene rings is 1. The fourth-order valence-corrected chi connectivity index (χ4v) is 4.54. The summed E-state index contributed by atoms with van der Waals surface area (Å²) in [5.74, 6) is -3.50. The number of aliphatic hydroxyl groups is 1. The molecular weight excluding hydrogens is 484 g/mol. The lowest BCUT2D eigenvalue weighted by atomic mass is 10.0. The Bertz CT molecular complexity index is 1400. The van der Waals surface area contributed by atoms with Crippen molar-refractivity contribution in [3.05, 3.63) is 83.8 Å². The van der Waals surface area contributed by atoms with Gasteiger partial charge in [-0.05, 0) is 36.1 Å². The Morgan fingerprint density at radius 1 is 1.06 bits per heavy atom. The van der Waals surface area contributed by atoms with Gasteiger partial charge >= 0.3 is 17.8 Å². The number of cyclic esters (lactones) is 2. The standard InChI is InChI=1S/C26H22N2O7S/c1-25(31,16-32-19-9-5-8-18(14-19)23-24-20(35-28-23)12-13-36-24)26(27-15-17-6-3-2-4-7-17)33-21(29)10-11-22(30)34-26/h2-14,27,31H,15-16H2,1H3/t25-/m1/s1. The molecule has 10 heteroatoms. The highest BCUT2D eigenvalue weighted by Gasteiger charge is 2.56. The van der Waals surface area contributed by atoms with E-state index >= 15 is 0 Å². The van der Waals surface area contributed by atoms with Crippen LogP contribution in [-0.2, 0) is 25.6 Å². The van der Waals surface area contributed by atoms with Gasteiger partial charge in [0.05, 0.1) is 0 Å². The first-order valence-corrected chi connectivity index (χ1v) is 11.9. The minimum atomic E-state index is -2.21. The molecule has 0 saturated heterocycles. The predicted molar refractivity (Wildman–Crippen MR) is 131 cm³/mol. The molecule has 0 bridgehead atoms. The van der Waals surface area contributed by atoms with Crippen LogP contribution in [0.1, 0.15) is 12.5 Å². The van der Waals surface area contributed by atoms with Crippen molar-refractivity contribution in [1.82, 2.24) is 10.5 Å². The van der Waals surface area contributed by atoms with E-state index in [4.69, 9.17) is 18.7 Å². The maximum absolute atomic E-state index is 12.3. The van der Waals surface area contributed by atoms with Gasteiger partial charge in [0, 0.05) is 24.3 Å². The van der Waals surface area contributed by atoms with Crippen LogP contribution in [-0.4, -0.2) is 40.3 Å². The third-order valence-electron chi connectivity index (χ3n) is 5.63. The van der Waals surface area contributed by atoms with Crippen LogP contribution >= 0.6 is 11.3 Å². The summed E-state index contributed by atoms with van der Waals surface area (Å²) in [5.41, 5.74) is 0.960. The number of nitrogens with one attached hydrogen (secondary N) is 1. The number of carbonyl (C=O) groups excluding carboxylic acids is 2. The Kier molecular flexibility index (Phi) is 6.31. The molecule has 0 amide bonds. The average molecular weight is 507 g/mol. The van der Waals surface area contributed by atoms with E-state index in [-0.39, 0.29) is 13.2 Å². The number of aromatic nitrogens is 1. The zero-order valence-corrected chi connectivity index (χ0v) is 20.0. The lowest BCUT2D eigenvalue weighted by molar-refractivity contribution is -0.304. The van der Waals surface area contributed by atoms with E-state index in [1.54, 1.807) is 18.2 Å². The molecule has 0 saturated carbocycles. The van der Waals surface area contributed by atoms with E-state index in [0.717, 1.165) is 28.0 Å². The fraction of sp³-hybridized carbons (Fsp3) is 0.192. The molecule has 184 valence electrons. The summed E-state index contributed by atoms with van der Waals surface area (Å²) < 4.78 is 23.0. The Balaban J connectivity index is 1.39. The van der Waals surface area contributed by atoms with Gasteiger partial charge in [-0.1, -0.05) is 47.6 Å². The molecule has 3 heterocycles. The molecule has 1 aliphatic heterocycles. The molecule has 2 N–H and O–H groups in total. The highest BCUT2D eigenvalue weighted by atomic mass is 32.1. The van der Waals surface area contributed by atoms with Gasteiger partial charge < -0.3 is 23.8 Å². The summed E-state index contributed by atoms with van der Waals surface area (Å²) in [5, 5.41) is 20.4. The van der Waals surface area contributed by atoms with E-state index in [9.17, 15) is 14.7 Å². The summed E-state index contributed by atoms with van der Waals surface area (Å²) in [7, 11) is 0. The topological polar surface area (TPSA) is 120 Å². The molecule has 36 heavy (non-hydrogen) atoms. The highest BCUT2D eigenvalue weighted by molar-refractivity contribution is 7.17. The molecule has 9 nitrogen and oxygen atoms in total. The van der Waals surface area contributed by atoms with Crippen LogP contribution in [0, 0.1) is 0 Å². The number of nitrogens with zero attached hydrogens (tertiary/aromatic N) is 1. The molecule has 0 fully saturated rings. The van der Waals surface area contributed by atoms with Gasteiger partial charge in [0.25, 0.3) is 0 Å². The van der Waals surface area contributed by atoms with Crippen molar-refractivity contribution in [2.45, 2.75) is 25.0 Å². The smallest absolute Gasteiger partial charge is 0.351 e. The van der Waals surface area contributed by atoms with Crippen molar-refractivity contribution in [3.8, 4) is 17.0 Å². The number of fused-ring (bicyclic) bond motifs is 1. The predicted octanol–water partition coefficient (Wildman–Crippen LogP) is 3.79. The van der Waals surface area contributed by atoms with Gasteiger partial charge in [-0.15, -0.1) is 11.3 Å². The van der Waals surface area contributed by atoms with E-state index in [1.165, 1.54) is 18.3 Å². The molecule has 2 aromatic heterocycles. The maximum atomic E-state index is 12.3. The van der Waals surface area contributed by atoms with Crippen LogP contribution in [0.4, 0.5) is 0 Å². The third kappa shape index (κ3) is 4.74. The summed E-state index contributed by atoms with van der Waals surface area (Å²) in [6.45, 7) is 1.11. The number of hydrogen-bond donors (Lipinski definition) is 2. The van der Waals surface area contributed by atoms with Gasteiger partial charge in [-0.25, -0.2) is 14.9 Å². The normalized spacial score (nSPS) is 16.7. The number of carbonyl (C=O) groups is 2. The fourth-order valence-electron chi connectivity index (χ4n) is 3.72. The van der Waals surface area contributed by atoms with Crippen molar-refractivity contribution in [2.75, 3.05) is 6.61 Å². The number of esters is 2. The van der Waals surface area contributed by atoms with E-state index < -0.39 is 23.5 Å². The van der Waals surface area contributed by atoms with Crippen molar-refractivity contribution in [1.29, 1.82) is 0 Å². The van der Waals surface area contributed by atoms with E-state index in [1.807, 2.05) is 47.8 Å². The molecule has 2 aromatic carbocycles. The molecule has 1 aliphatic rings. The molecule has 0 radical (unpaired) electrons. The van der Waals surface area contributed by atoms with Crippen molar-refractivity contribution in [2.24, 2.45) is 0 Å². The SMILES string of the molecule is C[C@@](O)(COc1cccc(-c2noc3ccsc23)c1)C1(NCc2ccccc2)OC(=O)C=CC(=O)O1. The van der Waals surface area contributed by atoms with Gasteiger partial charge in [0.2, 0.25) is 0 Å². The first kappa shape index (κ1) is 23.7. The van der Waals surface area contributed by atoms with Crippen molar-refractivity contribution < 1.29 is 33.4 Å². The van der Waals surface area contributed by atoms with Gasteiger partial charge in [-0.3, -0.25) is 0 Å². The number of ether oxygens (including phenoxy) is 3. The Morgan fingerprint density at radius 2 is 1.81 bits per heavy atom. The van der Waals surface area contributed by atoms with E-state index in [0.29, 0.717) is 17.0 Å². The monoisotopic (exact) mass is 506 g/mol. The van der Waals surface area contributed by atoms with Crippen LogP contribution < -0.4 is 10.1 Å². The molecule has 1 atom stereocenters. The molecule has 0 spiro atoms. The van der Waals surface area contributed by atoms with Gasteiger partial charge in [0.15, 0.2) is 11.2 Å². The first-order valence-electron chi connectivity index (χ1n) is 11.1. The molecule has 4 aromatic rings. The summed E-state index contributed by atoms with van der Waals surface area (Å²) in [6.07, 6.45) is 1.88. The quantitative estimate of drug-likeness (QED) is 0.344. The van der Waals surface area contributed by atoms with Gasteiger partial charge in [-0.2, -0.15) is 0 Å². The van der Waals surface area contributed by atoms with Crippen LogP contribution in [0.3, 0.4) is 0 Å². The molecule has 5 rings (SSSR count). The third-order valence-corrected chi connectivity index (χ3v) is 6.53. The van der Waals surface area contributed by atoms with Crippen LogP contribution in [0.15, 0.2) is 82.7 Å². The number of benzene rings is 2. The zero-order chi connectivity index (χ0) is 25.2. The second-order valence-electron chi connectivity index (χ2n) is 8.37. The van der Waals surface area contributed by atoms with Crippen molar-refractivity contribution >= 4 is 33.6 Å². The minimum Gasteiger partial charge on any atom is -0.490 e. The molecular formula is C26H22N2O7S. The Hall–Kier alpha value is -3.99. The van der Waals surface area contributed by atoms with Crippen LogP contribution in [0.2, 0.25) is 0 Å². The number of rotatable bonds is 8. The Labute approximate surface area is 209 Å². The second kappa shape index (κ2) is 9.57. The Morgan fingerprint density at radius 3 is 2.56 bits per heavy atom. The van der Waals surface area contributed by atoms with Gasteiger partial charge in [0.1, 0.15) is 22.8 Å². The largest absolute Gasteiger partial charge is 0.490 e. The second-order valence-corrected chi connectivity index (χ2v) is 9.28. The lowest BCUT2D eigenvalue weighted by Gasteiger charge is -2.41.